The van der Waals surface area contributed by atoms with Gasteiger partial charge in [0.2, 0.25) is 0 Å². The maximum absolute atomic E-state index is 13.2. The largest absolute Gasteiger partial charge is 0.497 e. The van der Waals surface area contributed by atoms with Gasteiger partial charge in [-0.3, -0.25) is 9.59 Å². The molecule has 0 fully saturated rings. The molecule has 0 aliphatic carbocycles. The van der Waals surface area contributed by atoms with Gasteiger partial charge in [0, 0.05) is 23.9 Å². The second-order valence-electron chi connectivity index (χ2n) is 8.91. The average Bonchev–Trinajstić information content (AvgIpc) is 3.24. The van der Waals surface area contributed by atoms with Gasteiger partial charge >= 0.3 is 0 Å². The van der Waals surface area contributed by atoms with Crippen LogP contribution in [0.5, 0.6) is 5.75 Å². The summed E-state index contributed by atoms with van der Waals surface area (Å²) in [7, 11) is 1.60. The molecule has 1 amide bonds. The Balaban J connectivity index is 1.45. The summed E-state index contributed by atoms with van der Waals surface area (Å²) in [6, 6.07) is 18.3. The normalized spacial score (nSPS) is 11.0. The highest BCUT2D eigenvalue weighted by atomic mass is 16.5. The highest BCUT2D eigenvalue weighted by Crippen LogP contribution is 2.24. The first-order valence-corrected chi connectivity index (χ1v) is 11.8. The topological polar surface area (TPSA) is 115 Å². The summed E-state index contributed by atoms with van der Waals surface area (Å²) in [5.41, 5.74) is 4.21. The van der Waals surface area contributed by atoms with Crippen molar-refractivity contribution in [3.05, 3.63) is 105 Å². The molecule has 0 atom stereocenters. The molecule has 2 aromatic carbocycles. The minimum Gasteiger partial charge on any atom is -0.497 e. The second kappa shape index (κ2) is 9.69. The van der Waals surface area contributed by atoms with Crippen LogP contribution in [0.25, 0.3) is 16.7 Å². The Morgan fingerprint density at radius 2 is 1.78 bits per heavy atom. The van der Waals surface area contributed by atoms with Crippen LogP contribution in [0.15, 0.2) is 65.5 Å². The first-order chi connectivity index (χ1) is 17.8. The fraction of sp³-hybridized carbons (Fsp3) is 0.179. The van der Waals surface area contributed by atoms with E-state index in [1.165, 1.54) is 6.07 Å². The Labute approximate surface area is 213 Å². The van der Waals surface area contributed by atoms with E-state index in [9.17, 15) is 9.59 Å². The lowest BCUT2D eigenvalue weighted by molar-refractivity contribution is 0.102. The number of para-hydroxylation sites is 1. The summed E-state index contributed by atoms with van der Waals surface area (Å²) in [4.78, 5) is 37.4. The molecule has 37 heavy (non-hydrogen) atoms. The van der Waals surface area contributed by atoms with Crippen LogP contribution >= 0.6 is 0 Å². The zero-order valence-electron chi connectivity index (χ0n) is 21.0. The number of nitrogens with one attached hydrogen (secondary N) is 2. The zero-order valence-corrected chi connectivity index (χ0v) is 21.0. The van der Waals surface area contributed by atoms with Gasteiger partial charge in [-0.25, -0.2) is 9.97 Å². The van der Waals surface area contributed by atoms with Crippen molar-refractivity contribution in [1.29, 1.82) is 0 Å². The van der Waals surface area contributed by atoms with Crippen molar-refractivity contribution >= 4 is 22.6 Å². The third-order valence-electron chi connectivity index (χ3n) is 6.08. The van der Waals surface area contributed by atoms with Crippen molar-refractivity contribution in [3.8, 4) is 11.6 Å². The zero-order chi connectivity index (χ0) is 26.1. The number of anilines is 1. The molecule has 9 heteroatoms. The van der Waals surface area contributed by atoms with Crippen LogP contribution in [-0.2, 0) is 6.42 Å². The molecule has 3 aromatic heterocycles. The van der Waals surface area contributed by atoms with Gasteiger partial charge in [-0.15, -0.1) is 0 Å². The van der Waals surface area contributed by atoms with Crippen LogP contribution < -0.4 is 15.6 Å². The number of hydrogen-bond acceptors (Lipinski definition) is 6. The predicted molar refractivity (Wildman–Crippen MR) is 142 cm³/mol. The van der Waals surface area contributed by atoms with Crippen molar-refractivity contribution in [2.75, 3.05) is 12.4 Å². The number of pyridine rings is 1. The van der Waals surface area contributed by atoms with E-state index in [1.807, 2.05) is 69.3 Å². The Hall–Kier alpha value is -4.79. The average molecular weight is 495 g/mol. The number of fused-ring (bicyclic) bond motifs is 1. The third kappa shape index (κ3) is 4.97. The lowest BCUT2D eigenvalue weighted by Gasteiger charge is -2.12. The predicted octanol–water partition coefficient (Wildman–Crippen LogP) is 4.28. The number of benzene rings is 2. The summed E-state index contributed by atoms with van der Waals surface area (Å²) < 4.78 is 6.78. The Kier molecular flexibility index (Phi) is 6.27. The van der Waals surface area contributed by atoms with E-state index in [0.29, 0.717) is 29.6 Å². The quantitative estimate of drug-likeness (QED) is 0.364. The highest BCUT2D eigenvalue weighted by molar-refractivity contribution is 6.02. The molecule has 0 unspecified atom stereocenters. The lowest BCUT2D eigenvalue weighted by Crippen LogP contribution is -2.22. The molecule has 0 saturated carbocycles. The van der Waals surface area contributed by atoms with Crippen molar-refractivity contribution in [2.45, 2.75) is 27.2 Å². The van der Waals surface area contributed by atoms with Crippen molar-refractivity contribution in [2.24, 2.45) is 0 Å². The van der Waals surface area contributed by atoms with Gasteiger partial charge in [-0.2, -0.15) is 9.78 Å². The maximum atomic E-state index is 13.2. The molecule has 0 radical (unpaired) electrons. The van der Waals surface area contributed by atoms with Crippen molar-refractivity contribution in [1.82, 2.24) is 24.7 Å². The van der Waals surface area contributed by atoms with E-state index in [-0.39, 0.29) is 5.69 Å². The molecule has 5 aromatic rings. The van der Waals surface area contributed by atoms with Crippen molar-refractivity contribution < 1.29 is 9.53 Å². The van der Waals surface area contributed by atoms with Crippen molar-refractivity contribution in [3.63, 3.8) is 0 Å². The SMILES string of the molecule is COc1ccc(Cc2nc(C(=O)Nc3cc(C)nn3-c3cc(C)c4cccc(C)c4n3)cc(=O)[nH]2)cc1. The molecular weight excluding hydrogens is 468 g/mol. The van der Waals surface area contributed by atoms with Gasteiger partial charge < -0.3 is 15.0 Å². The number of carbonyl (C=O) groups excluding carboxylic acids is 1. The Morgan fingerprint density at radius 3 is 2.54 bits per heavy atom. The van der Waals surface area contributed by atoms with Gasteiger partial charge in [0.1, 0.15) is 23.1 Å². The number of methoxy groups -OCH3 is 1. The third-order valence-corrected chi connectivity index (χ3v) is 6.08. The molecule has 9 nitrogen and oxygen atoms in total. The van der Waals surface area contributed by atoms with E-state index in [4.69, 9.17) is 9.72 Å². The molecular formula is C28H26N6O3. The molecule has 0 aliphatic heterocycles. The van der Waals surface area contributed by atoms with Crippen LogP contribution in [0.3, 0.4) is 0 Å². The minimum atomic E-state index is -0.517. The Bertz CT molecular complexity index is 1690. The minimum absolute atomic E-state index is 0.0103. The number of H-pyrrole nitrogens is 1. The van der Waals surface area contributed by atoms with Gasteiger partial charge in [-0.05, 0) is 55.7 Å². The standard InChI is InChI=1S/C28H26N6O3/c1-16-6-5-7-21-17(2)12-24(31-27(16)21)34-25(13-18(3)33-34)32-28(36)22-15-26(35)30-23(29-22)14-19-8-10-20(37-4)11-9-19/h5-13,15H,14H2,1-4H3,(H,32,36)(H,29,30,35). The number of aryl methyl sites for hydroxylation is 3. The summed E-state index contributed by atoms with van der Waals surface area (Å²) in [6.07, 6.45) is 0.358. The molecule has 186 valence electrons. The van der Waals surface area contributed by atoms with E-state index in [0.717, 1.165) is 33.3 Å². The number of carbonyl (C=O) groups is 1. The molecule has 0 bridgehead atoms. The lowest BCUT2D eigenvalue weighted by atomic mass is 10.1. The first-order valence-electron chi connectivity index (χ1n) is 11.8. The van der Waals surface area contributed by atoms with Gasteiger partial charge in [-0.1, -0.05) is 30.3 Å². The first kappa shape index (κ1) is 23.9. The van der Waals surface area contributed by atoms with E-state index in [2.05, 4.69) is 20.4 Å². The number of ether oxygens (including phenoxy) is 1. The molecule has 5 rings (SSSR count). The summed E-state index contributed by atoms with van der Waals surface area (Å²) in [6.45, 7) is 5.87. The van der Waals surface area contributed by atoms with E-state index in [1.54, 1.807) is 17.9 Å². The number of amides is 1. The molecule has 2 N–H and O–H groups in total. The molecule has 0 spiro atoms. The monoisotopic (exact) mass is 494 g/mol. The molecule has 0 saturated heterocycles. The number of hydrogen-bond donors (Lipinski definition) is 2. The Morgan fingerprint density at radius 1 is 1.00 bits per heavy atom. The van der Waals surface area contributed by atoms with Crippen LogP contribution in [-0.4, -0.2) is 37.7 Å². The maximum Gasteiger partial charge on any atom is 0.275 e. The smallest absolute Gasteiger partial charge is 0.275 e. The number of aromatic nitrogens is 5. The second-order valence-corrected chi connectivity index (χ2v) is 8.91. The number of nitrogens with zero attached hydrogens (tertiary/aromatic N) is 4. The fourth-order valence-electron chi connectivity index (χ4n) is 4.24. The number of aromatic amines is 1. The van der Waals surface area contributed by atoms with Crippen LogP contribution in [0.4, 0.5) is 5.82 Å². The summed E-state index contributed by atoms with van der Waals surface area (Å²) >= 11 is 0. The van der Waals surface area contributed by atoms with Gasteiger partial charge in [0.25, 0.3) is 11.5 Å². The van der Waals surface area contributed by atoms with Gasteiger partial charge in [0.15, 0.2) is 5.82 Å². The molecule has 0 aliphatic rings. The summed E-state index contributed by atoms with van der Waals surface area (Å²) in [5, 5.41) is 8.47. The number of rotatable bonds is 6. The summed E-state index contributed by atoms with van der Waals surface area (Å²) in [5.74, 6) is 1.62. The van der Waals surface area contributed by atoms with Crippen LogP contribution in [0.1, 0.15) is 38.7 Å². The van der Waals surface area contributed by atoms with Crippen LogP contribution in [0.2, 0.25) is 0 Å². The fourth-order valence-corrected chi connectivity index (χ4v) is 4.24. The molecule has 3 heterocycles. The highest BCUT2D eigenvalue weighted by Gasteiger charge is 2.17. The van der Waals surface area contributed by atoms with E-state index < -0.39 is 11.5 Å². The van der Waals surface area contributed by atoms with E-state index >= 15 is 0 Å². The van der Waals surface area contributed by atoms with Crippen LogP contribution in [0, 0.1) is 20.8 Å². The van der Waals surface area contributed by atoms with Gasteiger partial charge in [0.05, 0.1) is 18.3 Å².